The van der Waals surface area contributed by atoms with Crippen molar-refractivity contribution in [1.82, 2.24) is 39.7 Å². The van der Waals surface area contributed by atoms with E-state index in [9.17, 15) is 14.7 Å². The number of aromatic nitrogens is 7. The van der Waals surface area contributed by atoms with E-state index in [0.717, 1.165) is 24.0 Å². The molecular weight excluding hydrogens is 510 g/mol. The number of amides is 1. The number of H-pyrrole nitrogens is 1. The van der Waals surface area contributed by atoms with Gasteiger partial charge in [0.25, 0.3) is 5.91 Å². The zero-order chi connectivity index (χ0) is 28.1. The average Bonchev–Trinajstić information content (AvgIpc) is 3.66. The highest BCUT2D eigenvalue weighted by Gasteiger charge is 2.45. The normalized spacial score (nSPS) is 21.3. The van der Waals surface area contributed by atoms with Gasteiger partial charge in [-0.05, 0) is 51.0 Å². The van der Waals surface area contributed by atoms with Crippen molar-refractivity contribution in [3.8, 4) is 11.1 Å². The summed E-state index contributed by atoms with van der Waals surface area (Å²) in [4.78, 5) is 40.2. The van der Waals surface area contributed by atoms with Crippen molar-refractivity contribution in [3.05, 3.63) is 53.6 Å². The highest BCUT2D eigenvalue weighted by Crippen LogP contribution is 2.45. The number of hydrogen-bond acceptors (Lipinski definition) is 9. The minimum Gasteiger partial charge on any atom is -0.387 e. The topological polar surface area (TPSA) is 168 Å². The van der Waals surface area contributed by atoms with Crippen molar-refractivity contribution in [2.75, 3.05) is 5.73 Å². The Hall–Kier alpha value is -4.19. The molecule has 2 aliphatic rings. The van der Waals surface area contributed by atoms with Crippen LogP contribution in [0.25, 0.3) is 16.8 Å². The number of carbonyl (C=O) groups excluding carboxylic acids is 2. The Morgan fingerprint density at radius 3 is 2.52 bits per heavy atom. The molecule has 2 aliphatic heterocycles. The SMILES string of the molecule is CC(=O)c1c([C@H]2C[C@H]3CC[C@@H](C2)N3C(=O)c2nnc[nH]2)nc2c(-c3ccc(C(O)CC(C)C)nc3)cnn2c1N. The van der Waals surface area contributed by atoms with Gasteiger partial charge in [-0.15, -0.1) is 10.2 Å². The third-order valence-electron chi connectivity index (χ3n) is 8.17. The summed E-state index contributed by atoms with van der Waals surface area (Å²) in [6.07, 6.45) is 7.90. The van der Waals surface area contributed by atoms with Gasteiger partial charge in [0, 0.05) is 35.3 Å². The van der Waals surface area contributed by atoms with Gasteiger partial charge >= 0.3 is 0 Å². The summed E-state index contributed by atoms with van der Waals surface area (Å²) >= 11 is 0. The number of pyridine rings is 1. The molecule has 2 saturated heterocycles. The smallest absolute Gasteiger partial charge is 0.292 e. The standard InChI is InChI=1S/C28H33N9O3/c1-14(2)8-22(39)21-7-4-16(11-30-21)20-12-33-37-25(29)23(15(3)38)24(34-27(20)37)17-9-18-5-6-19(10-17)36(18)28(40)26-31-13-32-35-26/h4,7,11-14,17-19,22,39H,5-6,8-10,29H2,1-3H3,(H,31,32,35)/t17-,18+,19-,22?. The van der Waals surface area contributed by atoms with Crippen LogP contribution in [0.1, 0.15) is 97.3 Å². The Labute approximate surface area is 231 Å². The van der Waals surface area contributed by atoms with E-state index in [-0.39, 0.29) is 41.3 Å². The number of nitrogens with one attached hydrogen (secondary N) is 1. The van der Waals surface area contributed by atoms with Crippen LogP contribution in [0, 0.1) is 5.92 Å². The molecule has 0 aliphatic carbocycles. The minimum absolute atomic E-state index is 0.0128. The van der Waals surface area contributed by atoms with Crippen LogP contribution in [-0.2, 0) is 0 Å². The fraction of sp³-hybridized carbons (Fsp3) is 0.464. The van der Waals surface area contributed by atoms with Crippen molar-refractivity contribution in [3.63, 3.8) is 0 Å². The van der Waals surface area contributed by atoms with Crippen molar-refractivity contribution in [2.45, 2.75) is 77.0 Å². The molecule has 12 nitrogen and oxygen atoms in total. The zero-order valence-electron chi connectivity index (χ0n) is 22.8. The monoisotopic (exact) mass is 543 g/mol. The van der Waals surface area contributed by atoms with E-state index in [0.29, 0.717) is 47.8 Å². The van der Waals surface area contributed by atoms with Crippen molar-refractivity contribution in [2.24, 2.45) is 5.92 Å². The van der Waals surface area contributed by atoms with Gasteiger partial charge in [0.1, 0.15) is 12.1 Å². The second kappa shape index (κ2) is 10.1. The third kappa shape index (κ3) is 4.41. The first-order valence-electron chi connectivity index (χ1n) is 13.7. The molecule has 0 radical (unpaired) electrons. The number of nitrogens with zero attached hydrogens (tertiary/aromatic N) is 7. The number of aromatic amines is 1. The number of aliphatic hydroxyl groups excluding tert-OH is 1. The Morgan fingerprint density at radius 2 is 1.93 bits per heavy atom. The summed E-state index contributed by atoms with van der Waals surface area (Å²) < 4.78 is 1.51. The third-order valence-corrected chi connectivity index (χ3v) is 8.17. The van der Waals surface area contributed by atoms with E-state index in [2.05, 4.69) is 39.1 Å². The molecule has 2 bridgehead atoms. The van der Waals surface area contributed by atoms with E-state index in [1.54, 1.807) is 12.4 Å². The lowest BCUT2D eigenvalue weighted by Crippen LogP contribution is -2.46. The molecule has 2 fully saturated rings. The number of hydrogen-bond donors (Lipinski definition) is 3. The quantitative estimate of drug-likeness (QED) is 0.296. The summed E-state index contributed by atoms with van der Waals surface area (Å²) in [6, 6.07) is 3.74. The summed E-state index contributed by atoms with van der Waals surface area (Å²) in [5, 5.41) is 22.6. The Morgan fingerprint density at radius 1 is 1.18 bits per heavy atom. The molecule has 1 amide bonds. The molecule has 1 unspecified atom stereocenters. The maximum Gasteiger partial charge on any atom is 0.292 e. The van der Waals surface area contributed by atoms with Gasteiger partial charge in [-0.1, -0.05) is 19.9 Å². The molecule has 4 atom stereocenters. The van der Waals surface area contributed by atoms with Crippen LogP contribution >= 0.6 is 0 Å². The molecule has 4 aromatic heterocycles. The molecule has 0 saturated carbocycles. The van der Waals surface area contributed by atoms with E-state index < -0.39 is 6.10 Å². The highest BCUT2D eigenvalue weighted by atomic mass is 16.3. The first-order valence-corrected chi connectivity index (χ1v) is 13.7. The van der Waals surface area contributed by atoms with Crippen LogP contribution in [0.3, 0.4) is 0 Å². The molecule has 0 aromatic carbocycles. The van der Waals surface area contributed by atoms with Gasteiger partial charge in [0.15, 0.2) is 11.4 Å². The van der Waals surface area contributed by atoms with Crippen LogP contribution in [0.2, 0.25) is 0 Å². The molecule has 4 aromatic rings. The summed E-state index contributed by atoms with van der Waals surface area (Å²) in [7, 11) is 0. The van der Waals surface area contributed by atoms with Gasteiger partial charge < -0.3 is 20.7 Å². The van der Waals surface area contributed by atoms with Crippen LogP contribution in [0.4, 0.5) is 5.82 Å². The van der Waals surface area contributed by atoms with Crippen LogP contribution in [0.15, 0.2) is 30.9 Å². The van der Waals surface area contributed by atoms with Gasteiger partial charge in [-0.3, -0.25) is 14.6 Å². The molecular formula is C28H33N9O3. The molecule has 6 rings (SSSR count). The van der Waals surface area contributed by atoms with Gasteiger partial charge in [-0.25, -0.2) is 4.98 Å². The molecule has 4 N–H and O–H groups in total. The fourth-order valence-corrected chi connectivity index (χ4v) is 6.39. The predicted octanol–water partition coefficient (Wildman–Crippen LogP) is 3.32. The lowest BCUT2D eigenvalue weighted by Gasteiger charge is -2.38. The minimum atomic E-state index is -0.631. The summed E-state index contributed by atoms with van der Waals surface area (Å²) in [5.74, 6) is 0.478. The fourth-order valence-electron chi connectivity index (χ4n) is 6.39. The van der Waals surface area contributed by atoms with Crippen molar-refractivity contribution < 1.29 is 14.7 Å². The van der Waals surface area contributed by atoms with Gasteiger partial charge in [-0.2, -0.15) is 9.61 Å². The number of rotatable bonds is 7. The second-order valence-electron chi connectivity index (χ2n) is 11.3. The Kier molecular flexibility index (Phi) is 6.57. The lowest BCUT2D eigenvalue weighted by atomic mass is 9.85. The number of carbonyl (C=O) groups is 2. The number of ketones is 1. The molecule has 6 heterocycles. The Bertz CT molecular complexity index is 1550. The first-order chi connectivity index (χ1) is 19.2. The van der Waals surface area contributed by atoms with E-state index >= 15 is 0 Å². The van der Waals surface area contributed by atoms with Crippen LogP contribution in [-0.4, -0.2) is 68.5 Å². The van der Waals surface area contributed by atoms with Gasteiger partial charge in [0.05, 0.1) is 29.3 Å². The summed E-state index contributed by atoms with van der Waals surface area (Å²) in [6.45, 7) is 5.61. The lowest BCUT2D eigenvalue weighted by molar-refractivity contribution is 0.0556. The molecule has 40 heavy (non-hydrogen) atoms. The molecule has 208 valence electrons. The maximum absolute atomic E-state index is 13.1. The predicted molar refractivity (Wildman–Crippen MR) is 146 cm³/mol. The second-order valence-corrected chi connectivity index (χ2v) is 11.3. The van der Waals surface area contributed by atoms with Crippen LogP contribution in [0.5, 0.6) is 0 Å². The number of anilines is 1. The van der Waals surface area contributed by atoms with E-state index in [4.69, 9.17) is 10.7 Å². The summed E-state index contributed by atoms with van der Waals surface area (Å²) in [5.41, 5.74) is 10.3. The van der Waals surface area contributed by atoms with Gasteiger partial charge in [0.2, 0.25) is 5.82 Å². The zero-order valence-corrected chi connectivity index (χ0v) is 22.8. The van der Waals surface area contributed by atoms with E-state index in [1.165, 1.54) is 17.8 Å². The molecule has 0 spiro atoms. The number of piperidine rings is 1. The number of Topliss-reactive ketones (excluding diaryl/α,β-unsaturated/α-hetero) is 1. The Balaban J connectivity index is 1.35. The number of nitrogen functional groups attached to an aromatic ring is 1. The van der Waals surface area contributed by atoms with E-state index in [1.807, 2.05) is 17.0 Å². The maximum atomic E-state index is 13.1. The number of aliphatic hydroxyl groups is 1. The number of fused-ring (bicyclic) bond motifs is 3. The first kappa shape index (κ1) is 26.1. The number of nitrogens with two attached hydrogens (primary N) is 1. The van der Waals surface area contributed by atoms with Crippen molar-refractivity contribution in [1.29, 1.82) is 0 Å². The highest BCUT2D eigenvalue weighted by molar-refractivity contribution is 6.00. The largest absolute Gasteiger partial charge is 0.387 e. The van der Waals surface area contributed by atoms with Crippen molar-refractivity contribution >= 4 is 23.2 Å². The average molecular weight is 544 g/mol. The molecule has 12 heteroatoms. The van der Waals surface area contributed by atoms with Crippen LogP contribution < -0.4 is 5.73 Å².